The van der Waals surface area contributed by atoms with Crippen molar-refractivity contribution >= 4 is 46.4 Å². The molecule has 72 heavy (non-hydrogen) atoms. The molecule has 2 unspecified atom stereocenters. The van der Waals surface area contributed by atoms with Gasteiger partial charge in [-0.05, 0) is 122 Å². The monoisotopic (exact) mass is 983 g/mol. The second-order valence-electron chi connectivity index (χ2n) is 20.6. The second-order valence-corrected chi connectivity index (χ2v) is 20.6. The predicted octanol–water partition coefficient (Wildman–Crippen LogP) is 17.2. The summed E-state index contributed by atoms with van der Waals surface area (Å²) in [6.45, 7) is 8.92. The van der Waals surface area contributed by atoms with E-state index in [9.17, 15) is 19.2 Å². The highest BCUT2D eigenvalue weighted by molar-refractivity contribution is 6.05. The fraction of sp³-hybridized carbons (Fsp3) is 0.562. The number of benzene rings is 4. The number of hydrogen-bond donors (Lipinski definition) is 4. The first-order valence-electron chi connectivity index (χ1n) is 28.8. The number of carbonyl (C=O) groups is 4. The Labute approximate surface area is 436 Å². The van der Waals surface area contributed by atoms with E-state index in [-0.39, 0.29) is 12.8 Å². The Hall–Kier alpha value is -5.24. The van der Waals surface area contributed by atoms with Gasteiger partial charge in [-0.1, -0.05) is 205 Å². The van der Waals surface area contributed by atoms with Crippen LogP contribution in [0.4, 0.5) is 22.7 Å². The van der Waals surface area contributed by atoms with Crippen LogP contribution >= 0.6 is 0 Å². The number of amides is 4. The molecule has 8 heteroatoms. The summed E-state index contributed by atoms with van der Waals surface area (Å²) in [6.07, 6.45) is 32.6. The molecule has 0 radical (unpaired) electrons. The lowest BCUT2D eigenvalue weighted by atomic mass is 9.84. The van der Waals surface area contributed by atoms with E-state index in [1.165, 1.54) is 151 Å². The Morgan fingerprint density at radius 2 is 0.500 bits per heavy atom. The van der Waals surface area contributed by atoms with Gasteiger partial charge in [0.1, 0.15) is 0 Å². The first kappa shape index (κ1) is 59.3. The summed E-state index contributed by atoms with van der Waals surface area (Å²) in [5.74, 6) is -4.18. The number of unbranched alkanes of at least 4 members (excludes halogenated alkanes) is 20. The lowest BCUT2D eigenvalue weighted by Gasteiger charge is -2.25. The lowest BCUT2D eigenvalue weighted by Crippen LogP contribution is -2.40. The number of hydrogen-bond acceptors (Lipinski definition) is 4. The molecular formula is C64H94N4O4. The van der Waals surface area contributed by atoms with Crippen molar-refractivity contribution in [1.29, 1.82) is 0 Å². The SMILES string of the molecule is CCCCCCCCc1ccc(NC(=O)CC(C(=O)Nc2ccc(CCCCCCCC)cc2)C(CC(=O)Nc2ccc(CCCCCCCC)cc2)C(=O)Nc2ccc(CCCCCCCC)cc2)cc1. The van der Waals surface area contributed by atoms with Crippen LogP contribution < -0.4 is 21.3 Å². The predicted molar refractivity (Wildman–Crippen MR) is 305 cm³/mol. The third-order valence-corrected chi connectivity index (χ3v) is 14.2. The summed E-state index contributed by atoms with van der Waals surface area (Å²) in [6, 6.07) is 31.5. The molecule has 4 N–H and O–H groups in total. The van der Waals surface area contributed by atoms with Gasteiger partial charge in [0.25, 0.3) is 0 Å². The van der Waals surface area contributed by atoms with E-state index in [2.05, 4.69) is 49.0 Å². The Bertz CT molecular complexity index is 1930. The highest BCUT2D eigenvalue weighted by atomic mass is 16.2. The molecule has 0 saturated heterocycles. The van der Waals surface area contributed by atoms with Gasteiger partial charge in [0, 0.05) is 35.6 Å². The zero-order valence-electron chi connectivity index (χ0n) is 45.2. The van der Waals surface area contributed by atoms with E-state index in [1.54, 1.807) is 0 Å². The van der Waals surface area contributed by atoms with Gasteiger partial charge in [0.2, 0.25) is 23.6 Å². The van der Waals surface area contributed by atoms with Crippen LogP contribution in [0.25, 0.3) is 0 Å². The van der Waals surface area contributed by atoms with Gasteiger partial charge in [-0.25, -0.2) is 0 Å². The summed E-state index contributed by atoms with van der Waals surface area (Å²) in [5, 5.41) is 12.1. The van der Waals surface area contributed by atoms with Gasteiger partial charge >= 0.3 is 0 Å². The molecule has 4 amide bonds. The maximum Gasteiger partial charge on any atom is 0.228 e. The molecule has 8 nitrogen and oxygen atoms in total. The molecule has 0 spiro atoms. The number of nitrogens with one attached hydrogen (secondary N) is 4. The fourth-order valence-corrected chi connectivity index (χ4v) is 9.59. The summed E-state index contributed by atoms with van der Waals surface area (Å²) in [7, 11) is 0. The molecule has 0 aliphatic heterocycles. The maximum atomic E-state index is 14.7. The quantitative estimate of drug-likeness (QED) is 0.0333. The van der Waals surface area contributed by atoms with E-state index >= 15 is 0 Å². The molecule has 0 saturated carbocycles. The smallest absolute Gasteiger partial charge is 0.228 e. The Morgan fingerprint density at radius 3 is 0.736 bits per heavy atom. The second kappa shape index (κ2) is 36.6. The van der Waals surface area contributed by atoms with Crippen molar-refractivity contribution in [2.75, 3.05) is 21.3 Å². The number of rotatable bonds is 39. The first-order valence-corrected chi connectivity index (χ1v) is 28.8. The van der Waals surface area contributed by atoms with Crippen molar-refractivity contribution in [2.24, 2.45) is 11.8 Å². The van der Waals surface area contributed by atoms with Crippen molar-refractivity contribution in [2.45, 2.75) is 220 Å². The zero-order chi connectivity index (χ0) is 51.4. The lowest BCUT2D eigenvalue weighted by molar-refractivity contribution is -0.134. The van der Waals surface area contributed by atoms with Crippen LogP contribution in [0.3, 0.4) is 0 Å². The summed E-state index contributed by atoms with van der Waals surface area (Å²) in [4.78, 5) is 57.5. The standard InChI is InChI=1S/C64H94N4O4/c1-5-9-13-17-21-25-29-51-33-41-55(42-34-51)65-61(69)49-59(63(71)67-57-45-37-53(38-46-57)31-27-23-19-15-11-7-3)60(64(72)68-58-47-39-54(40-48-58)32-28-24-20-16-12-8-4)50-62(70)66-56-43-35-52(36-44-56)30-26-22-18-14-10-6-2/h33-48,59-60H,5-32,49-50H2,1-4H3,(H,65,69)(H,66,70)(H,67,71)(H,68,72). The van der Waals surface area contributed by atoms with Gasteiger partial charge in [-0.2, -0.15) is 0 Å². The molecule has 0 aliphatic carbocycles. The van der Waals surface area contributed by atoms with Crippen molar-refractivity contribution in [3.63, 3.8) is 0 Å². The third kappa shape index (κ3) is 24.9. The van der Waals surface area contributed by atoms with Crippen LogP contribution in [-0.4, -0.2) is 23.6 Å². The molecule has 394 valence electrons. The Kier molecular flexibility index (Phi) is 30.2. The van der Waals surface area contributed by atoms with Gasteiger partial charge in [-0.15, -0.1) is 0 Å². The van der Waals surface area contributed by atoms with E-state index in [1.807, 2.05) is 97.1 Å². The highest BCUT2D eigenvalue weighted by Crippen LogP contribution is 2.28. The maximum absolute atomic E-state index is 14.7. The molecule has 4 aromatic carbocycles. The minimum absolute atomic E-state index is 0.308. The summed E-state index contributed by atoms with van der Waals surface area (Å²) < 4.78 is 0. The Balaban J connectivity index is 1.55. The van der Waals surface area contributed by atoms with Crippen molar-refractivity contribution in [3.05, 3.63) is 119 Å². The van der Waals surface area contributed by atoms with E-state index in [4.69, 9.17) is 0 Å². The van der Waals surface area contributed by atoms with E-state index < -0.39 is 35.5 Å². The van der Waals surface area contributed by atoms with Crippen LogP contribution in [0.15, 0.2) is 97.1 Å². The molecule has 0 aliphatic rings. The highest BCUT2D eigenvalue weighted by Gasteiger charge is 2.37. The molecule has 2 atom stereocenters. The first-order chi connectivity index (χ1) is 35.2. The fourth-order valence-electron chi connectivity index (χ4n) is 9.59. The van der Waals surface area contributed by atoms with Crippen LogP contribution in [0, 0.1) is 11.8 Å². The van der Waals surface area contributed by atoms with Crippen molar-refractivity contribution in [1.82, 2.24) is 0 Å². The molecular weight excluding hydrogens is 889 g/mol. The summed E-state index contributed by atoms with van der Waals surface area (Å²) >= 11 is 0. The van der Waals surface area contributed by atoms with Gasteiger partial charge in [-0.3, -0.25) is 19.2 Å². The average molecular weight is 983 g/mol. The van der Waals surface area contributed by atoms with Gasteiger partial charge in [0.05, 0.1) is 11.8 Å². The van der Waals surface area contributed by atoms with E-state index in [0.29, 0.717) is 22.7 Å². The van der Waals surface area contributed by atoms with Gasteiger partial charge < -0.3 is 21.3 Å². The molecule has 4 aromatic rings. The molecule has 0 fully saturated rings. The van der Waals surface area contributed by atoms with Crippen LogP contribution in [0.5, 0.6) is 0 Å². The van der Waals surface area contributed by atoms with Crippen LogP contribution in [0.2, 0.25) is 0 Å². The van der Waals surface area contributed by atoms with Crippen LogP contribution in [-0.2, 0) is 44.9 Å². The third-order valence-electron chi connectivity index (χ3n) is 14.2. The normalized spacial score (nSPS) is 12.0. The number of anilines is 4. The van der Waals surface area contributed by atoms with E-state index in [0.717, 1.165) is 51.4 Å². The van der Waals surface area contributed by atoms with Crippen LogP contribution in [0.1, 0.15) is 217 Å². The van der Waals surface area contributed by atoms with Crippen molar-refractivity contribution < 1.29 is 19.2 Å². The Morgan fingerprint density at radius 1 is 0.292 bits per heavy atom. The largest absolute Gasteiger partial charge is 0.326 e. The molecule has 4 rings (SSSR count). The summed E-state index contributed by atoms with van der Waals surface area (Å²) in [5.41, 5.74) is 7.19. The van der Waals surface area contributed by atoms with Gasteiger partial charge in [0.15, 0.2) is 0 Å². The average Bonchev–Trinajstić information content (AvgIpc) is 3.38. The molecule has 0 aromatic heterocycles. The number of carbonyl (C=O) groups excluding carboxylic acids is 4. The molecule has 0 bridgehead atoms. The topological polar surface area (TPSA) is 116 Å². The number of aryl methyl sites for hydroxylation is 4. The molecule has 0 heterocycles. The minimum atomic E-state index is -1.18. The van der Waals surface area contributed by atoms with Crippen molar-refractivity contribution in [3.8, 4) is 0 Å². The minimum Gasteiger partial charge on any atom is -0.326 e. The zero-order valence-corrected chi connectivity index (χ0v) is 45.2.